The van der Waals surface area contributed by atoms with Gasteiger partial charge in [0, 0.05) is 12.8 Å². The molecule has 0 aliphatic carbocycles. The third kappa shape index (κ3) is 28.9. The number of nitrogens with two attached hydrogens (primary N) is 1. The fourth-order valence-electron chi connectivity index (χ4n) is 5.50. The first-order chi connectivity index (χ1) is 21.4. The summed E-state index contributed by atoms with van der Waals surface area (Å²) >= 11 is 0. The molecule has 0 rings (SSSR count). The van der Waals surface area contributed by atoms with Crippen molar-refractivity contribution in [2.24, 2.45) is 5.73 Å². The lowest BCUT2D eigenvalue weighted by Crippen LogP contribution is -2.40. The second kappa shape index (κ2) is 32.5. The second-order valence-electron chi connectivity index (χ2n) is 12.6. The monoisotopic (exact) mass is 623 g/mol. The molecule has 258 valence electrons. The third-order valence-corrected chi connectivity index (χ3v) is 8.33. The zero-order valence-electron chi connectivity index (χ0n) is 28.8. The smallest absolute Gasteiger partial charge is 0.326 e. The van der Waals surface area contributed by atoms with Crippen LogP contribution in [0.25, 0.3) is 0 Å². The molecule has 0 aliphatic heterocycles. The van der Waals surface area contributed by atoms with Gasteiger partial charge in [-0.15, -0.1) is 0 Å². The van der Waals surface area contributed by atoms with Crippen LogP contribution in [0.4, 0.5) is 0 Å². The zero-order chi connectivity index (χ0) is 32.5. The van der Waals surface area contributed by atoms with Crippen LogP contribution in [0.5, 0.6) is 0 Å². The zero-order valence-corrected chi connectivity index (χ0v) is 28.8. The Morgan fingerprint density at radius 1 is 0.636 bits per heavy atom. The van der Waals surface area contributed by atoms with E-state index in [0.29, 0.717) is 32.2 Å². The van der Waals surface area contributed by atoms with Gasteiger partial charge in [-0.1, -0.05) is 109 Å². The van der Waals surface area contributed by atoms with E-state index >= 15 is 0 Å². The van der Waals surface area contributed by atoms with Gasteiger partial charge in [-0.3, -0.25) is 9.59 Å². The number of esters is 1. The van der Waals surface area contributed by atoms with Crippen LogP contribution in [0.15, 0.2) is 12.2 Å². The van der Waals surface area contributed by atoms with Gasteiger partial charge in [0.2, 0.25) is 5.91 Å². The van der Waals surface area contributed by atoms with Crippen LogP contribution in [0, 0.1) is 0 Å². The van der Waals surface area contributed by atoms with E-state index in [-0.39, 0.29) is 18.0 Å². The summed E-state index contributed by atoms with van der Waals surface area (Å²) in [4.78, 5) is 36.1. The standard InChI is InChI=1S/C37H70N2O5/c1-3-5-7-9-11-12-13-14-15-16-17-19-25-31-36(41)44-33(27-22-18-10-8-6-4-2)28-23-20-21-24-30-35(40)39-34(37(42)43)29-26-32-38/h12-13,33-34H,3-11,14-32,38H2,1-2H3,(H,39,40)(H,42,43)/b13-12-. The van der Waals surface area contributed by atoms with Gasteiger partial charge in [0.1, 0.15) is 12.1 Å². The first kappa shape index (κ1) is 42.1. The minimum atomic E-state index is -1.01. The number of unbranched alkanes of at least 4 members (excludes halogenated alkanes) is 17. The maximum atomic E-state index is 12.6. The molecule has 0 aliphatic rings. The van der Waals surface area contributed by atoms with E-state index < -0.39 is 12.0 Å². The summed E-state index contributed by atoms with van der Waals surface area (Å²) in [5.41, 5.74) is 5.46. The van der Waals surface area contributed by atoms with Crippen LogP contribution in [0.1, 0.15) is 187 Å². The number of carboxylic acids is 1. The molecule has 0 bridgehead atoms. The van der Waals surface area contributed by atoms with Crippen molar-refractivity contribution in [1.82, 2.24) is 5.32 Å². The number of rotatable bonds is 33. The van der Waals surface area contributed by atoms with Gasteiger partial charge >= 0.3 is 11.9 Å². The quantitative estimate of drug-likeness (QED) is 0.0381. The molecular weight excluding hydrogens is 552 g/mol. The minimum Gasteiger partial charge on any atom is -0.480 e. The van der Waals surface area contributed by atoms with Gasteiger partial charge in [-0.25, -0.2) is 4.79 Å². The van der Waals surface area contributed by atoms with Crippen LogP contribution < -0.4 is 11.1 Å². The molecule has 0 spiro atoms. The van der Waals surface area contributed by atoms with E-state index in [2.05, 4.69) is 31.3 Å². The highest BCUT2D eigenvalue weighted by molar-refractivity contribution is 5.83. The molecule has 0 aromatic heterocycles. The van der Waals surface area contributed by atoms with Gasteiger partial charge in [0.15, 0.2) is 0 Å². The summed E-state index contributed by atoms with van der Waals surface area (Å²) in [6.07, 6.45) is 32.5. The molecule has 4 N–H and O–H groups in total. The van der Waals surface area contributed by atoms with Gasteiger partial charge in [-0.2, -0.15) is 0 Å². The molecule has 44 heavy (non-hydrogen) atoms. The molecule has 0 saturated carbocycles. The number of allylic oxidation sites excluding steroid dienone is 2. The molecule has 7 nitrogen and oxygen atoms in total. The molecular formula is C37H70N2O5. The van der Waals surface area contributed by atoms with Crippen LogP contribution in [-0.2, 0) is 19.1 Å². The predicted molar refractivity (Wildman–Crippen MR) is 184 cm³/mol. The van der Waals surface area contributed by atoms with Gasteiger partial charge < -0.3 is 20.9 Å². The number of nitrogens with one attached hydrogen (secondary N) is 1. The Morgan fingerprint density at radius 3 is 1.66 bits per heavy atom. The van der Waals surface area contributed by atoms with Crippen molar-refractivity contribution >= 4 is 17.8 Å². The van der Waals surface area contributed by atoms with Crippen molar-refractivity contribution in [3.63, 3.8) is 0 Å². The summed E-state index contributed by atoms with van der Waals surface area (Å²) in [5, 5.41) is 11.9. The molecule has 2 atom stereocenters. The van der Waals surface area contributed by atoms with E-state index in [1.165, 1.54) is 89.9 Å². The summed E-state index contributed by atoms with van der Waals surface area (Å²) in [6, 6.07) is -0.861. The van der Waals surface area contributed by atoms with E-state index in [1.54, 1.807) is 0 Å². The number of aliphatic carboxylic acids is 1. The summed E-state index contributed by atoms with van der Waals surface area (Å²) in [7, 11) is 0. The largest absolute Gasteiger partial charge is 0.480 e. The first-order valence-corrected chi connectivity index (χ1v) is 18.5. The highest BCUT2D eigenvalue weighted by Crippen LogP contribution is 2.18. The number of carboxylic acid groups (broad SMARTS) is 1. The summed E-state index contributed by atoms with van der Waals surface area (Å²) in [6.45, 7) is 4.89. The Hall–Kier alpha value is -1.89. The molecule has 0 saturated heterocycles. The van der Waals surface area contributed by atoms with Crippen LogP contribution in [0.3, 0.4) is 0 Å². The number of carbonyl (C=O) groups is 3. The lowest BCUT2D eigenvalue weighted by molar-refractivity contribution is -0.150. The average molecular weight is 623 g/mol. The normalized spacial score (nSPS) is 12.8. The van der Waals surface area contributed by atoms with Gasteiger partial charge in [0.25, 0.3) is 0 Å². The summed E-state index contributed by atoms with van der Waals surface area (Å²) in [5.74, 6) is -1.27. The highest BCUT2D eigenvalue weighted by atomic mass is 16.5. The molecule has 0 fully saturated rings. The fraction of sp³-hybridized carbons (Fsp3) is 0.865. The number of ether oxygens (including phenoxy) is 1. The SMILES string of the molecule is CCCCCC/C=C\CCCCCCCC(=O)OC(CCCCCCCC)CCCCCCC(=O)NC(CCCN)C(=O)O. The maximum absolute atomic E-state index is 12.6. The van der Waals surface area contributed by atoms with Crippen molar-refractivity contribution in [3.8, 4) is 0 Å². The van der Waals surface area contributed by atoms with Gasteiger partial charge in [-0.05, 0) is 83.6 Å². The molecule has 0 aromatic carbocycles. The van der Waals surface area contributed by atoms with Crippen molar-refractivity contribution in [2.45, 2.75) is 199 Å². The van der Waals surface area contributed by atoms with Crippen LogP contribution in [-0.4, -0.2) is 41.6 Å². The number of hydrogen-bond acceptors (Lipinski definition) is 5. The average Bonchev–Trinajstić information content (AvgIpc) is 3.00. The molecule has 1 amide bonds. The Bertz CT molecular complexity index is 712. The second-order valence-corrected chi connectivity index (χ2v) is 12.6. The lowest BCUT2D eigenvalue weighted by Gasteiger charge is -2.18. The van der Waals surface area contributed by atoms with E-state index in [9.17, 15) is 19.5 Å². The lowest BCUT2D eigenvalue weighted by atomic mass is 10.0. The van der Waals surface area contributed by atoms with E-state index in [4.69, 9.17) is 10.5 Å². The third-order valence-electron chi connectivity index (χ3n) is 8.33. The first-order valence-electron chi connectivity index (χ1n) is 18.5. The molecule has 2 unspecified atom stereocenters. The van der Waals surface area contributed by atoms with E-state index in [1.807, 2.05) is 0 Å². The van der Waals surface area contributed by atoms with Crippen molar-refractivity contribution in [1.29, 1.82) is 0 Å². The molecule has 0 heterocycles. The number of carbonyl (C=O) groups excluding carboxylic acids is 2. The van der Waals surface area contributed by atoms with E-state index in [0.717, 1.165) is 57.8 Å². The minimum absolute atomic E-state index is 0.00963. The van der Waals surface area contributed by atoms with Crippen LogP contribution >= 0.6 is 0 Å². The predicted octanol–water partition coefficient (Wildman–Crippen LogP) is 9.56. The van der Waals surface area contributed by atoms with Crippen molar-refractivity contribution < 1.29 is 24.2 Å². The Balaban J connectivity index is 4.21. The topological polar surface area (TPSA) is 119 Å². The fourth-order valence-corrected chi connectivity index (χ4v) is 5.50. The molecule has 7 heteroatoms. The Labute approximate surface area is 270 Å². The molecule has 0 aromatic rings. The van der Waals surface area contributed by atoms with Crippen molar-refractivity contribution in [3.05, 3.63) is 12.2 Å². The van der Waals surface area contributed by atoms with Gasteiger partial charge in [0.05, 0.1) is 0 Å². The number of hydrogen-bond donors (Lipinski definition) is 3. The Kier molecular flexibility index (Phi) is 31.1. The summed E-state index contributed by atoms with van der Waals surface area (Å²) < 4.78 is 5.95. The van der Waals surface area contributed by atoms with Crippen LogP contribution in [0.2, 0.25) is 0 Å². The molecule has 0 radical (unpaired) electrons. The van der Waals surface area contributed by atoms with Crippen molar-refractivity contribution in [2.75, 3.05) is 6.54 Å². The Morgan fingerprint density at radius 2 is 1.11 bits per heavy atom. The highest BCUT2D eigenvalue weighted by Gasteiger charge is 2.19. The maximum Gasteiger partial charge on any atom is 0.326 e. The number of amides is 1.